The standard InChI is InChI=1S/C25H44N4O4.C10H17NO2.C3H9N/c1-4-12-22(30)27-16-9-5-6-10-17-28-23(31)13-8-7-11-15-26-21(3)14-18-29-24(32)19-20(2)25(29)33;1-4-5-6-11(3)10(13)7-9(2)8-12;1-3-4-2/h20,26H,3-19H2,1-2H3,(H,27,30)(H,28,31);4,8-9H,1,5-7H2,2-3H3;4H,3H2,1-2H3. The molecule has 2 atom stereocenters. The van der Waals surface area contributed by atoms with Gasteiger partial charge in [0.15, 0.2) is 0 Å². The molecule has 4 N–H and O–H groups in total. The Morgan fingerprint density at radius 2 is 1.46 bits per heavy atom. The van der Waals surface area contributed by atoms with Crippen LogP contribution in [0.3, 0.4) is 0 Å². The number of amides is 5. The van der Waals surface area contributed by atoms with Crippen molar-refractivity contribution in [3.05, 3.63) is 24.9 Å². The molecule has 0 aromatic heterocycles. The number of carbonyl (C=O) groups is 6. The van der Waals surface area contributed by atoms with Crippen LogP contribution in [0.15, 0.2) is 24.9 Å². The molecule has 0 aromatic carbocycles. The zero-order chi connectivity index (χ0) is 38.2. The molecule has 2 unspecified atom stereocenters. The average Bonchev–Trinajstić information content (AvgIpc) is 3.34. The summed E-state index contributed by atoms with van der Waals surface area (Å²) >= 11 is 0. The van der Waals surface area contributed by atoms with Crippen LogP contribution in [-0.4, -0.2) is 99.0 Å². The van der Waals surface area contributed by atoms with Crippen LogP contribution < -0.4 is 21.3 Å². The van der Waals surface area contributed by atoms with Crippen LogP contribution >= 0.6 is 0 Å². The van der Waals surface area contributed by atoms with Gasteiger partial charge in [0.05, 0.1) is 0 Å². The number of likely N-dealkylation sites (tertiary alicyclic amines) is 1. The average molecular weight is 707 g/mol. The predicted molar refractivity (Wildman–Crippen MR) is 202 cm³/mol. The highest BCUT2D eigenvalue weighted by atomic mass is 16.2. The molecule has 5 amide bonds. The van der Waals surface area contributed by atoms with E-state index in [-0.39, 0.29) is 41.4 Å². The lowest BCUT2D eigenvalue weighted by molar-refractivity contribution is -0.139. The molecule has 12 nitrogen and oxygen atoms in total. The van der Waals surface area contributed by atoms with Gasteiger partial charge in [-0.15, -0.1) is 6.58 Å². The van der Waals surface area contributed by atoms with E-state index in [1.807, 2.05) is 14.0 Å². The Bertz CT molecular complexity index is 1000. The van der Waals surface area contributed by atoms with Gasteiger partial charge in [0.1, 0.15) is 6.29 Å². The lowest BCUT2D eigenvalue weighted by atomic mass is 10.1. The molecular weight excluding hydrogens is 636 g/mol. The number of unbranched alkanes of at least 4 members (excludes halogenated alkanes) is 5. The molecule has 1 saturated heterocycles. The Kier molecular flexibility index (Phi) is 31.7. The summed E-state index contributed by atoms with van der Waals surface area (Å²) < 4.78 is 0. The molecule has 50 heavy (non-hydrogen) atoms. The van der Waals surface area contributed by atoms with Crippen molar-refractivity contribution in [1.29, 1.82) is 0 Å². The molecular formula is C38H70N6O6. The van der Waals surface area contributed by atoms with Gasteiger partial charge < -0.3 is 31.0 Å². The Balaban J connectivity index is 0. The maximum Gasteiger partial charge on any atom is 0.232 e. The van der Waals surface area contributed by atoms with Gasteiger partial charge in [-0.2, -0.15) is 0 Å². The molecule has 0 radical (unpaired) electrons. The Hall–Kier alpha value is -3.54. The minimum Gasteiger partial charge on any atom is -0.389 e. The number of imide groups is 1. The van der Waals surface area contributed by atoms with Crippen LogP contribution in [0.4, 0.5) is 0 Å². The summed E-state index contributed by atoms with van der Waals surface area (Å²) in [5.74, 6) is -0.307. The van der Waals surface area contributed by atoms with Crippen LogP contribution in [0.5, 0.6) is 0 Å². The summed E-state index contributed by atoms with van der Waals surface area (Å²) in [6.45, 7) is 19.5. The van der Waals surface area contributed by atoms with E-state index < -0.39 is 0 Å². The summed E-state index contributed by atoms with van der Waals surface area (Å²) in [6, 6.07) is 0. The summed E-state index contributed by atoms with van der Waals surface area (Å²) in [4.78, 5) is 71.5. The zero-order valence-corrected chi connectivity index (χ0v) is 32.2. The van der Waals surface area contributed by atoms with Gasteiger partial charge in [0, 0.05) is 89.4 Å². The molecule has 12 heteroatoms. The summed E-state index contributed by atoms with van der Waals surface area (Å²) in [7, 11) is 3.67. The van der Waals surface area contributed by atoms with Gasteiger partial charge in [-0.1, -0.05) is 59.6 Å². The van der Waals surface area contributed by atoms with Crippen molar-refractivity contribution in [2.24, 2.45) is 11.8 Å². The third-order valence-electron chi connectivity index (χ3n) is 7.96. The molecule has 1 heterocycles. The van der Waals surface area contributed by atoms with Crippen molar-refractivity contribution in [2.45, 2.75) is 118 Å². The van der Waals surface area contributed by atoms with Crippen LogP contribution in [-0.2, 0) is 28.8 Å². The van der Waals surface area contributed by atoms with Crippen LogP contribution in [0.25, 0.3) is 0 Å². The van der Waals surface area contributed by atoms with Gasteiger partial charge in [-0.05, 0) is 52.1 Å². The van der Waals surface area contributed by atoms with Gasteiger partial charge in [-0.3, -0.25) is 28.9 Å². The lowest BCUT2D eigenvalue weighted by Gasteiger charge is -2.16. The largest absolute Gasteiger partial charge is 0.389 e. The van der Waals surface area contributed by atoms with E-state index in [1.165, 1.54) is 4.90 Å². The van der Waals surface area contributed by atoms with Crippen molar-refractivity contribution in [2.75, 3.05) is 53.4 Å². The number of aldehydes is 1. The molecule has 288 valence electrons. The SMILES string of the molecule is C=C(CCN1C(=O)CC(C)C1=O)NCCCCCC(=O)NCCCCCCNC(=O)CCC.C=CCCN(C)C(=O)CC(C)C=O.CCNC. The minimum atomic E-state index is -0.202. The Morgan fingerprint density at radius 3 is 1.94 bits per heavy atom. The first kappa shape index (κ1) is 48.6. The zero-order valence-electron chi connectivity index (χ0n) is 32.2. The van der Waals surface area contributed by atoms with Gasteiger partial charge in [0.2, 0.25) is 29.5 Å². The highest BCUT2D eigenvalue weighted by molar-refractivity contribution is 6.03. The maximum absolute atomic E-state index is 11.9. The normalized spacial score (nSPS) is 14.0. The van der Waals surface area contributed by atoms with E-state index in [4.69, 9.17) is 0 Å². The minimum absolute atomic E-state index is 0.0152. The first-order chi connectivity index (χ1) is 23.9. The van der Waals surface area contributed by atoms with Crippen molar-refractivity contribution >= 4 is 35.8 Å². The molecule has 1 aliphatic rings. The molecule has 0 spiro atoms. The lowest BCUT2D eigenvalue weighted by Crippen LogP contribution is -2.32. The topological polar surface area (TPSA) is 157 Å². The highest BCUT2D eigenvalue weighted by Gasteiger charge is 2.34. The number of rotatable bonds is 26. The van der Waals surface area contributed by atoms with Crippen molar-refractivity contribution < 1.29 is 28.8 Å². The van der Waals surface area contributed by atoms with Gasteiger partial charge in [-0.25, -0.2) is 0 Å². The maximum atomic E-state index is 11.9. The number of carbonyl (C=O) groups excluding carboxylic acids is 6. The van der Waals surface area contributed by atoms with Gasteiger partial charge in [0.25, 0.3) is 0 Å². The number of hydrogen-bond donors (Lipinski definition) is 4. The molecule has 0 aliphatic carbocycles. The number of hydrogen-bond acceptors (Lipinski definition) is 8. The third-order valence-corrected chi connectivity index (χ3v) is 7.96. The smallest absolute Gasteiger partial charge is 0.232 e. The molecule has 1 rings (SSSR count). The number of nitrogens with one attached hydrogen (secondary N) is 4. The van der Waals surface area contributed by atoms with E-state index in [1.54, 1.807) is 31.9 Å². The predicted octanol–water partition coefficient (Wildman–Crippen LogP) is 4.50. The van der Waals surface area contributed by atoms with Gasteiger partial charge >= 0.3 is 0 Å². The second-order valence-corrected chi connectivity index (χ2v) is 12.9. The fourth-order valence-corrected chi connectivity index (χ4v) is 4.62. The Labute approximate surface area is 303 Å². The first-order valence-corrected chi connectivity index (χ1v) is 18.6. The van der Waals surface area contributed by atoms with E-state index in [0.29, 0.717) is 51.7 Å². The second-order valence-electron chi connectivity index (χ2n) is 12.9. The second kappa shape index (κ2) is 32.7. The molecule has 0 saturated carbocycles. The molecule has 0 bridgehead atoms. The molecule has 1 aliphatic heterocycles. The monoisotopic (exact) mass is 707 g/mol. The van der Waals surface area contributed by atoms with Crippen molar-refractivity contribution in [3.63, 3.8) is 0 Å². The number of nitrogens with zero attached hydrogens (tertiary/aromatic N) is 2. The van der Waals surface area contributed by atoms with E-state index in [0.717, 1.165) is 89.4 Å². The van der Waals surface area contributed by atoms with Crippen LogP contribution in [0.1, 0.15) is 118 Å². The first-order valence-electron chi connectivity index (χ1n) is 18.6. The van der Waals surface area contributed by atoms with Crippen LogP contribution in [0.2, 0.25) is 0 Å². The van der Waals surface area contributed by atoms with E-state index in [2.05, 4.69) is 41.3 Å². The molecule has 0 aromatic rings. The fourth-order valence-electron chi connectivity index (χ4n) is 4.62. The third kappa shape index (κ3) is 27.3. The van der Waals surface area contributed by atoms with Crippen molar-refractivity contribution in [1.82, 2.24) is 31.1 Å². The summed E-state index contributed by atoms with van der Waals surface area (Å²) in [6.07, 6.45) is 13.4. The molecule has 1 fully saturated rings. The van der Waals surface area contributed by atoms with E-state index in [9.17, 15) is 28.8 Å². The quantitative estimate of drug-likeness (QED) is 0.0444. The summed E-state index contributed by atoms with van der Waals surface area (Å²) in [5.41, 5.74) is 0.830. The fraction of sp³-hybridized carbons (Fsp3) is 0.737. The Morgan fingerprint density at radius 1 is 0.920 bits per heavy atom. The van der Waals surface area contributed by atoms with E-state index >= 15 is 0 Å². The highest BCUT2D eigenvalue weighted by Crippen LogP contribution is 2.19. The van der Waals surface area contributed by atoms with Crippen molar-refractivity contribution in [3.8, 4) is 0 Å². The summed E-state index contributed by atoms with van der Waals surface area (Å²) in [5, 5.41) is 12.1. The van der Waals surface area contributed by atoms with Crippen LogP contribution in [0, 0.1) is 11.8 Å².